The molecular formula is C27H37N5. The topological polar surface area (TPSA) is 78.8 Å². The number of benzene rings is 1. The van der Waals surface area contributed by atoms with E-state index < -0.39 is 0 Å². The first-order chi connectivity index (χ1) is 15.2. The summed E-state index contributed by atoms with van der Waals surface area (Å²) in [6.45, 7) is 14.6. The van der Waals surface area contributed by atoms with Crippen LogP contribution in [0.3, 0.4) is 0 Å². The maximum atomic E-state index is 9.96. The molecule has 2 unspecified atom stereocenters. The average molecular weight is 432 g/mol. The van der Waals surface area contributed by atoms with Crippen LogP contribution in [0.4, 0.5) is 11.5 Å². The van der Waals surface area contributed by atoms with Gasteiger partial charge >= 0.3 is 0 Å². The summed E-state index contributed by atoms with van der Waals surface area (Å²) in [4.78, 5) is 12.5. The third kappa shape index (κ3) is 3.54. The van der Waals surface area contributed by atoms with Crippen LogP contribution in [0, 0.1) is 17.2 Å². The van der Waals surface area contributed by atoms with E-state index in [-0.39, 0.29) is 11.5 Å². The van der Waals surface area contributed by atoms with Crippen molar-refractivity contribution in [2.75, 3.05) is 17.2 Å². The molecule has 0 spiro atoms. The molecule has 32 heavy (non-hydrogen) atoms. The van der Waals surface area contributed by atoms with Crippen LogP contribution in [0.5, 0.6) is 0 Å². The number of anilines is 2. The van der Waals surface area contributed by atoms with E-state index in [0.29, 0.717) is 23.1 Å². The molecule has 2 aliphatic rings. The highest BCUT2D eigenvalue weighted by atomic mass is 15.3. The van der Waals surface area contributed by atoms with Gasteiger partial charge in [-0.15, -0.1) is 0 Å². The fourth-order valence-electron chi connectivity index (χ4n) is 5.39. The molecule has 0 radical (unpaired) electrons. The molecule has 1 saturated heterocycles. The number of rotatable bonds is 5. The molecule has 0 saturated carbocycles. The highest BCUT2D eigenvalue weighted by molar-refractivity contribution is 5.63. The first-order valence-electron chi connectivity index (χ1n) is 12.2. The molecule has 2 aromatic rings. The third-order valence-corrected chi connectivity index (χ3v) is 8.20. The molecule has 4 rings (SSSR count). The molecule has 2 N–H and O–H groups in total. The Morgan fingerprint density at radius 1 is 1.28 bits per heavy atom. The van der Waals surface area contributed by atoms with E-state index in [4.69, 9.17) is 15.7 Å². The number of nitrogens with zero attached hydrogens (tertiary/aromatic N) is 4. The van der Waals surface area contributed by atoms with E-state index in [1.807, 2.05) is 6.07 Å². The van der Waals surface area contributed by atoms with Crippen molar-refractivity contribution in [2.24, 2.45) is 5.92 Å². The summed E-state index contributed by atoms with van der Waals surface area (Å²) < 4.78 is 0. The molecule has 1 aliphatic carbocycles. The smallest absolute Gasteiger partial charge is 0.136 e. The highest BCUT2D eigenvalue weighted by Crippen LogP contribution is 2.45. The second kappa shape index (κ2) is 8.39. The Kier molecular flexibility index (Phi) is 5.92. The molecule has 2 heterocycles. The van der Waals surface area contributed by atoms with Crippen LogP contribution in [-0.2, 0) is 19.3 Å². The Hall–Kier alpha value is -2.61. The Bertz CT molecular complexity index is 1060. The number of fused-ring (bicyclic) bond motifs is 1. The minimum atomic E-state index is 0.121. The minimum Gasteiger partial charge on any atom is -0.398 e. The molecule has 5 nitrogen and oxygen atoms in total. The number of hydrogen-bond donors (Lipinski definition) is 1. The predicted molar refractivity (Wildman–Crippen MR) is 131 cm³/mol. The Balaban J connectivity index is 1.78. The molecule has 170 valence electrons. The summed E-state index contributed by atoms with van der Waals surface area (Å²) in [6.07, 6.45) is 4.66. The molecule has 5 heteroatoms. The van der Waals surface area contributed by atoms with Gasteiger partial charge in [-0.2, -0.15) is 5.26 Å². The first-order valence-corrected chi connectivity index (χ1v) is 12.2. The number of nitriles is 1. The van der Waals surface area contributed by atoms with Crippen molar-refractivity contribution in [3.8, 4) is 6.07 Å². The maximum absolute atomic E-state index is 9.96. The zero-order valence-electron chi connectivity index (χ0n) is 20.5. The van der Waals surface area contributed by atoms with E-state index in [0.717, 1.165) is 55.9 Å². The van der Waals surface area contributed by atoms with Gasteiger partial charge in [-0.3, -0.25) is 0 Å². The lowest BCUT2D eigenvalue weighted by molar-refractivity contribution is 0.215. The van der Waals surface area contributed by atoms with E-state index in [2.05, 4.69) is 58.6 Å². The van der Waals surface area contributed by atoms with Crippen molar-refractivity contribution < 1.29 is 0 Å². The number of aromatic nitrogens is 2. The van der Waals surface area contributed by atoms with Gasteiger partial charge in [0.25, 0.3) is 0 Å². The van der Waals surface area contributed by atoms with Gasteiger partial charge in [-0.1, -0.05) is 33.8 Å². The van der Waals surface area contributed by atoms with E-state index >= 15 is 0 Å². The Morgan fingerprint density at radius 3 is 2.62 bits per heavy atom. The van der Waals surface area contributed by atoms with Crippen molar-refractivity contribution in [3.63, 3.8) is 0 Å². The Labute approximate surface area is 193 Å². The zero-order chi connectivity index (χ0) is 23.2. The fourth-order valence-corrected chi connectivity index (χ4v) is 5.39. The molecule has 1 fully saturated rings. The summed E-state index contributed by atoms with van der Waals surface area (Å²) in [5.41, 5.74) is 12.6. The van der Waals surface area contributed by atoms with Crippen molar-refractivity contribution in [1.82, 2.24) is 9.97 Å². The number of nitrogens with two attached hydrogens (primary N) is 1. The molecule has 0 amide bonds. The number of aryl methyl sites for hydroxylation is 1. The lowest BCUT2D eigenvalue weighted by Gasteiger charge is -2.55. The Morgan fingerprint density at radius 2 is 2.03 bits per heavy atom. The normalized spacial score (nSPS) is 22.6. The van der Waals surface area contributed by atoms with Crippen molar-refractivity contribution in [2.45, 2.75) is 91.0 Å². The molecular weight excluding hydrogens is 394 g/mol. The van der Waals surface area contributed by atoms with Crippen LogP contribution in [0.1, 0.15) is 100.0 Å². The van der Waals surface area contributed by atoms with Crippen molar-refractivity contribution in [3.05, 3.63) is 45.9 Å². The first kappa shape index (κ1) is 22.6. The number of hydrogen-bond acceptors (Lipinski definition) is 5. The number of nitrogen functional groups attached to an aromatic ring is 1. The molecule has 3 atom stereocenters. The standard InChI is InChI=1S/C27H37N5/c1-7-16(3)19-11-12-22(29)21(14-28)25(19)18-9-10-20-23(13-18)30-24(8-2)31-26(20)32-15-17(4)27(32,5)6/h11-12,16-18H,7-10,13,15,29H2,1-6H3/t16-,17?,18?/m0/s1. The van der Waals surface area contributed by atoms with Crippen LogP contribution >= 0.6 is 0 Å². The van der Waals surface area contributed by atoms with Gasteiger partial charge in [0.1, 0.15) is 17.7 Å². The lowest BCUT2D eigenvalue weighted by atomic mass is 9.75. The molecule has 0 bridgehead atoms. The van der Waals surface area contributed by atoms with Crippen LogP contribution in [0.25, 0.3) is 0 Å². The van der Waals surface area contributed by atoms with Gasteiger partial charge in [0, 0.05) is 29.8 Å². The average Bonchev–Trinajstić information content (AvgIpc) is 2.80. The highest BCUT2D eigenvalue weighted by Gasteiger charge is 2.45. The van der Waals surface area contributed by atoms with Gasteiger partial charge in [-0.25, -0.2) is 9.97 Å². The van der Waals surface area contributed by atoms with Crippen LogP contribution in [0.15, 0.2) is 12.1 Å². The van der Waals surface area contributed by atoms with Gasteiger partial charge in [0.15, 0.2) is 0 Å². The van der Waals surface area contributed by atoms with E-state index in [9.17, 15) is 5.26 Å². The second-order valence-corrected chi connectivity index (χ2v) is 10.3. The predicted octanol–water partition coefficient (Wildman–Crippen LogP) is 5.51. The fraction of sp³-hybridized carbons (Fsp3) is 0.593. The third-order valence-electron chi connectivity index (χ3n) is 8.20. The van der Waals surface area contributed by atoms with E-state index in [1.54, 1.807) is 0 Å². The minimum absolute atomic E-state index is 0.121. The van der Waals surface area contributed by atoms with E-state index in [1.165, 1.54) is 16.8 Å². The van der Waals surface area contributed by atoms with Crippen molar-refractivity contribution >= 4 is 11.5 Å². The molecule has 1 aromatic heterocycles. The quantitative estimate of drug-likeness (QED) is 0.631. The zero-order valence-corrected chi connectivity index (χ0v) is 20.5. The maximum Gasteiger partial charge on any atom is 0.136 e. The lowest BCUT2D eigenvalue weighted by Crippen LogP contribution is -2.63. The van der Waals surface area contributed by atoms with Gasteiger partial charge in [0.05, 0.1) is 11.3 Å². The van der Waals surface area contributed by atoms with Crippen LogP contribution < -0.4 is 10.6 Å². The molecule has 1 aliphatic heterocycles. The monoisotopic (exact) mass is 431 g/mol. The summed E-state index contributed by atoms with van der Waals surface area (Å²) in [7, 11) is 0. The molecule has 1 aromatic carbocycles. The summed E-state index contributed by atoms with van der Waals surface area (Å²) in [5, 5.41) is 9.96. The van der Waals surface area contributed by atoms with Gasteiger partial charge in [0.2, 0.25) is 0 Å². The summed E-state index contributed by atoms with van der Waals surface area (Å²) >= 11 is 0. The second-order valence-electron chi connectivity index (χ2n) is 10.3. The van der Waals surface area contributed by atoms with Gasteiger partial charge < -0.3 is 10.6 Å². The van der Waals surface area contributed by atoms with Crippen LogP contribution in [0.2, 0.25) is 0 Å². The van der Waals surface area contributed by atoms with Gasteiger partial charge in [-0.05, 0) is 74.5 Å². The summed E-state index contributed by atoms with van der Waals surface area (Å²) in [5.74, 6) is 3.38. The SMILES string of the molecule is CCc1nc2c(c(N3CC(C)C3(C)C)n1)CCC(c1c([C@@H](C)CC)ccc(N)c1C#N)C2. The largest absolute Gasteiger partial charge is 0.398 e. The van der Waals surface area contributed by atoms with Crippen LogP contribution in [-0.4, -0.2) is 22.1 Å². The van der Waals surface area contributed by atoms with Crippen molar-refractivity contribution in [1.29, 1.82) is 5.26 Å². The summed E-state index contributed by atoms with van der Waals surface area (Å²) in [6, 6.07) is 6.47.